The summed E-state index contributed by atoms with van der Waals surface area (Å²) < 4.78 is 5.31. The Morgan fingerprint density at radius 2 is 2.05 bits per heavy atom. The van der Waals surface area contributed by atoms with E-state index in [2.05, 4.69) is 12.2 Å². The molecule has 3 atom stereocenters. The number of aliphatic carboxylic acids is 1. The number of hydrogen-bond donors (Lipinski definition) is 2. The van der Waals surface area contributed by atoms with E-state index in [1.165, 1.54) is 12.8 Å². The third-order valence-electron chi connectivity index (χ3n) is 4.57. The van der Waals surface area contributed by atoms with Crippen molar-refractivity contribution in [3.8, 4) is 0 Å². The smallest absolute Gasteiger partial charge is 0.318 e. The molecule has 0 aromatic heterocycles. The molecule has 2 aliphatic rings. The maximum atomic E-state index is 12.5. The summed E-state index contributed by atoms with van der Waals surface area (Å²) >= 11 is 0. The Labute approximate surface area is 125 Å². The Morgan fingerprint density at radius 3 is 2.81 bits per heavy atom. The van der Waals surface area contributed by atoms with Crippen molar-refractivity contribution in [3.63, 3.8) is 0 Å². The summed E-state index contributed by atoms with van der Waals surface area (Å²) in [6.07, 6.45) is 5.71. The number of hydrogen-bond acceptors (Lipinski definition) is 3. The summed E-state index contributed by atoms with van der Waals surface area (Å²) in [4.78, 5) is 25.0. The van der Waals surface area contributed by atoms with Crippen LogP contribution in [0.3, 0.4) is 0 Å². The monoisotopic (exact) mass is 298 g/mol. The summed E-state index contributed by atoms with van der Waals surface area (Å²) in [6, 6.07) is -0.297. The standard InChI is InChI=1S/C15H26N2O4/c1-11-5-3-2-4-6-13(11)16-15(20)17-7-8-21-10-12(17)9-14(18)19/h11-13H,2-10H2,1H3,(H,16,20)(H,18,19). The van der Waals surface area contributed by atoms with E-state index in [1.54, 1.807) is 4.90 Å². The Morgan fingerprint density at radius 1 is 1.29 bits per heavy atom. The maximum absolute atomic E-state index is 12.5. The van der Waals surface area contributed by atoms with E-state index in [1.807, 2.05) is 0 Å². The van der Waals surface area contributed by atoms with Crippen molar-refractivity contribution in [2.75, 3.05) is 19.8 Å². The van der Waals surface area contributed by atoms with Gasteiger partial charge in [0.2, 0.25) is 0 Å². The summed E-state index contributed by atoms with van der Waals surface area (Å²) in [6.45, 7) is 3.43. The molecule has 6 heteroatoms. The van der Waals surface area contributed by atoms with Crippen LogP contribution < -0.4 is 5.32 Å². The van der Waals surface area contributed by atoms with Gasteiger partial charge in [-0.05, 0) is 18.8 Å². The summed E-state index contributed by atoms with van der Waals surface area (Å²) in [7, 11) is 0. The zero-order valence-corrected chi connectivity index (χ0v) is 12.7. The second kappa shape index (κ2) is 7.64. The molecule has 0 bridgehead atoms. The van der Waals surface area contributed by atoms with Crippen molar-refractivity contribution in [1.29, 1.82) is 0 Å². The molecule has 6 nitrogen and oxygen atoms in total. The molecule has 1 aliphatic carbocycles. The normalized spacial score (nSPS) is 30.5. The predicted molar refractivity (Wildman–Crippen MR) is 78.1 cm³/mol. The summed E-state index contributed by atoms with van der Waals surface area (Å²) in [5.41, 5.74) is 0. The third-order valence-corrected chi connectivity index (χ3v) is 4.57. The van der Waals surface area contributed by atoms with E-state index in [0.717, 1.165) is 19.3 Å². The van der Waals surface area contributed by atoms with Crippen LogP contribution in [0, 0.1) is 5.92 Å². The van der Waals surface area contributed by atoms with Crippen LogP contribution >= 0.6 is 0 Å². The van der Waals surface area contributed by atoms with Gasteiger partial charge in [-0.25, -0.2) is 4.79 Å². The highest BCUT2D eigenvalue weighted by Crippen LogP contribution is 2.23. The molecule has 21 heavy (non-hydrogen) atoms. The molecule has 2 fully saturated rings. The number of rotatable bonds is 3. The zero-order valence-electron chi connectivity index (χ0n) is 12.7. The number of nitrogens with zero attached hydrogens (tertiary/aromatic N) is 1. The Bertz CT molecular complexity index is 375. The van der Waals surface area contributed by atoms with E-state index < -0.39 is 5.97 Å². The summed E-state index contributed by atoms with van der Waals surface area (Å²) in [5, 5.41) is 12.1. The molecule has 1 heterocycles. The van der Waals surface area contributed by atoms with Crippen molar-refractivity contribution in [2.45, 2.75) is 57.5 Å². The molecule has 1 saturated heterocycles. The lowest BCUT2D eigenvalue weighted by atomic mass is 9.97. The first kappa shape index (κ1) is 16.1. The van der Waals surface area contributed by atoms with Gasteiger partial charge in [0.1, 0.15) is 0 Å². The lowest BCUT2D eigenvalue weighted by Crippen LogP contribution is -2.55. The number of ether oxygens (including phenoxy) is 1. The van der Waals surface area contributed by atoms with Crippen LogP contribution in [-0.4, -0.2) is 53.8 Å². The minimum absolute atomic E-state index is 0.0619. The van der Waals surface area contributed by atoms with Gasteiger partial charge in [-0.15, -0.1) is 0 Å². The minimum atomic E-state index is -0.897. The van der Waals surface area contributed by atoms with Crippen molar-refractivity contribution in [3.05, 3.63) is 0 Å². The van der Waals surface area contributed by atoms with Crippen LogP contribution in [0.5, 0.6) is 0 Å². The molecule has 0 aromatic rings. The predicted octanol–water partition coefficient (Wildman–Crippen LogP) is 1.84. The molecule has 2 N–H and O–H groups in total. The average molecular weight is 298 g/mol. The number of amides is 2. The number of carbonyl (C=O) groups is 2. The number of urea groups is 1. The van der Waals surface area contributed by atoms with Crippen LogP contribution in [0.15, 0.2) is 0 Å². The highest BCUT2D eigenvalue weighted by molar-refractivity contribution is 5.76. The fourth-order valence-corrected chi connectivity index (χ4v) is 3.24. The summed E-state index contributed by atoms with van der Waals surface area (Å²) in [5.74, 6) is -0.415. The van der Waals surface area contributed by atoms with Crippen LogP contribution in [0.25, 0.3) is 0 Å². The van der Waals surface area contributed by atoms with Gasteiger partial charge in [0, 0.05) is 12.6 Å². The lowest BCUT2D eigenvalue weighted by Gasteiger charge is -2.36. The van der Waals surface area contributed by atoms with E-state index in [4.69, 9.17) is 9.84 Å². The first-order valence-corrected chi connectivity index (χ1v) is 7.94. The first-order chi connectivity index (χ1) is 10.1. The molecule has 1 aliphatic heterocycles. The Kier molecular flexibility index (Phi) is 5.85. The van der Waals surface area contributed by atoms with E-state index in [0.29, 0.717) is 25.7 Å². The van der Waals surface area contributed by atoms with Gasteiger partial charge in [0.25, 0.3) is 0 Å². The molecular weight excluding hydrogens is 272 g/mol. The van der Waals surface area contributed by atoms with Crippen molar-refractivity contribution >= 4 is 12.0 Å². The Balaban J connectivity index is 1.94. The van der Waals surface area contributed by atoms with Crippen molar-refractivity contribution in [1.82, 2.24) is 10.2 Å². The minimum Gasteiger partial charge on any atom is -0.481 e. The number of carboxylic acids is 1. The molecule has 3 unspecified atom stereocenters. The van der Waals surface area contributed by atoms with Crippen LogP contribution in [0.2, 0.25) is 0 Å². The molecule has 1 saturated carbocycles. The molecular formula is C15H26N2O4. The quantitative estimate of drug-likeness (QED) is 0.779. The Hall–Kier alpha value is -1.30. The maximum Gasteiger partial charge on any atom is 0.318 e. The number of morpholine rings is 1. The van der Waals surface area contributed by atoms with Gasteiger partial charge in [-0.2, -0.15) is 0 Å². The van der Waals surface area contributed by atoms with Gasteiger partial charge in [-0.1, -0.05) is 26.2 Å². The molecule has 0 spiro atoms. The van der Waals surface area contributed by atoms with Crippen LogP contribution in [-0.2, 0) is 9.53 Å². The van der Waals surface area contributed by atoms with Crippen molar-refractivity contribution in [2.24, 2.45) is 5.92 Å². The topological polar surface area (TPSA) is 78.9 Å². The van der Waals surface area contributed by atoms with E-state index in [9.17, 15) is 9.59 Å². The molecule has 120 valence electrons. The molecule has 2 rings (SSSR count). The zero-order chi connectivity index (χ0) is 15.2. The van der Waals surface area contributed by atoms with Gasteiger partial charge in [0.15, 0.2) is 0 Å². The van der Waals surface area contributed by atoms with E-state index in [-0.39, 0.29) is 24.5 Å². The molecule has 0 aromatic carbocycles. The van der Waals surface area contributed by atoms with Gasteiger partial charge < -0.3 is 20.1 Å². The SMILES string of the molecule is CC1CCCCCC1NC(=O)N1CCOCC1CC(=O)O. The number of nitrogens with one attached hydrogen (secondary N) is 1. The number of carbonyl (C=O) groups excluding carboxylic acids is 1. The molecule has 0 radical (unpaired) electrons. The van der Waals surface area contributed by atoms with Gasteiger partial charge in [0.05, 0.1) is 25.7 Å². The largest absolute Gasteiger partial charge is 0.481 e. The van der Waals surface area contributed by atoms with E-state index >= 15 is 0 Å². The van der Waals surface area contributed by atoms with Crippen LogP contribution in [0.4, 0.5) is 4.79 Å². The second-order valence-electron chi connectivity index (χ2n) is 6.19. The number of carboxylic acid groups (broad SMARTS) is 1. The second-order valence-corrected chi connectivity index (χ2v) is 6.19. The average Bonchev–Trinajstić information content (AvgIpc) is 2.64. The fraction of sp³-hybridized carbons (Fsp3) is 0.867. The van der Waals surface area contributed by atoms with Crippen LogP contribution in [0.1, 0.15) is 45.4 Å². The highest BCUT2D eigenvalue weighted by atomic mass is 16.5. The lowest BCUT2D eigenvalue weighted by molar-refractivity contribution is -0.139. The van der Waals surface area contributed by atoms with Gasteiger partial charge in [-0.3, -0.25) is 4.79 Å². The molecule has 2 amide bonds. The highest BCUT2D eigenvalue weighted by Gasteiger charge is 2.31. The fourth-order valence-electron chi connectivity index (χ4n) is 3.24. The third kappa shape index (κ3) is 4.59. The first-order valence-electron chi connectivity index (χ1n) is 7.94. The van der Waals surface area contributed by atoms with Gasteiger partial charge >= 0.3 is 12.0 Å². The van der Waals surface area contributed by atoms with Crippen molar-refractivity contribution < 1.29 is 19.4 Å².